The maximum atomic E-state index is 13.4. The Morgan fingerprint density at radius 3 is 2.46 bits per heavy atom. The first-order valence-corrected chi connectivity index (χ1v) is 13.5. The van der Waals surface area contributed by atoms with E-state index in [1.54, 1.807) is 6.08 Å². The van der Waals surface area contributed by atoms with Crippen molar-refractivity contribution in [3.8, 4) is 0 Å². The van der Waals surface area contributed by atoms with Gasteiger partial charge in [0.15, 0.2) is 18.0 Å². The van der Waals surface area contributed by atoms with Crippen LogP contribution in [0.3, 0.4) is 0 Å². The summed E-state index contributed by atoms with van der Waals surface area (Å²) in [5, 5.41) is 9.57. The molecule has 0 aliphatic carbocycles. The van der Waals surface area contributed by atoms with Crippen molar-refractivity contribution >= 4 is 17.8 Å². The van der Waals surface area contributed by atoms with Crippen LogP contribution in [0.5, 0.6) is 0 Å². The molecule has 4 rings (SSSR count). The summed E-state index contributed by atoms with van der Waals surface area (Å²) >= 11 is 0. The van der Waals surface area contributed by atoms with Gasteiger partial charge >= 0.3 is 6.09 Å². The van der Waals surface area contributed by atoms with Gasteiger partial charge in [-0.3, -0.25) is 9.59 Å². The third-order valence-electron chi connectivity index (χ3n) is 6.68. The van der Waals surface area contributed by atoms with E-state index < -0.39 is 42.1 Å². The van der Waals surface area contributed by atoms with Crippen LogP contribution in [0.15, 0.2) is 84.7 Å². The number of allylic oxidation sites excluding steroid dienone is 1. The molecule has 1 N–H and O–H groups in total. The van der Waals surface area contributed by atoms with E-state index in [1.165, 1.54) is 19.3 Å². The van der Waals surface area contributed by atoms with Crippen LogP contribution in [-0.4, -0.2) is 85.7 Å². The molecular formula is C31H35NO9. The summed E-state index contributed by atoms with van der Waals surface area (Å²) in [5.74, 6) is -0.776. The number of benzene rings is 2. The van der Waals surface area contributed by atoms with Crippen LogP contribution in [0.2, 0.25) is 0 Å². The molecule has 2 aliphatic rings. The van der Waals surface area contributed by atoms with Gasteiger partial charge in [0.1, 0.15) is 18.5 Å². The second-order valence-corrected chi connectivity index (χ2v) is 9.63. The van der Waals surface area contributed by atoms with Gasteiger partial charge < -0.3 is 28.8 Å². The van der Waals surface area contributed by atoms with E-state index in [0.717, 1.165) is 16.0 Å². The second kappa shape index (κ2) is 15.2. The minimum atomic E-state index is -1.34. The Hall–Kier alpha value is -3.83. The average Bonchev–Trinajstić information content (AvgIpc) is 3.36. The maximum Gasteiger partial charge on any atom is 0.417 e. The molecule has 2 heterocycles. The quantitative estimate of drug-likeness (QED) is 0.345. The Morgan fingerprint density at radius 2 is 1.78 bits per heavy atom. The van der Waals surface area contributed by atoms with Gasteiger partial charge in [-0.15, -0.1) is 0 Å². The van der Waals surface area contributed by atoms with Crippen LogP contribution < -0.4 is 0 Å². The summed E-state index contributed by atoms with van der Waals surface area (Å²) in [4.78, 5) is 39.6. The van der Waals surface area contributed by atoms with Crippen LogP contribution in [0.25, 0.3) is 0 Å². The number of hydrogen-bond donors (Lipinski definition) is 1. The largest absolute Gasteiger partial charge is 0.479 e. The van der Waals surface area contributed by atoms with Crippen molar-refractivity contribution in [1.29, 1.82) is 0 Å². The molecule has 2 aromatic carbocycles. The molecule has 1 fully saturated rings. The first-order valence-electron chi connectivity index (χ1n) is 13.5. The van der Waals surface area contributed by atoms with Crippen LogP contribution in [-0.2, 0) is 46.3 Å². The molecule has 0 bridgehead atoms. The van der Waals surface area contributed by atoms with E-state index in [4.69, 9.17) is 23.7 Å². The smallest absolute Gasteiger partial charge is 0.417 e. The number of aliphatic hydroxyl groups is 1. The summed E-state index contributed by atoms with van der Waals surface area (Å²) in [6.45, 7) is 0.773. The average molecular weight is 566 g/mol. The van der Waals surface area contributed by atoms with Crippen LogP contribution >= 0.6 is 0 Å². The Kier molecular flexibility index (Phi) is 11.2. The van der Waals surface area contributed by atoms with Crippen molar-refractivity contribution < 1.29 is 43.2 Å². The topological polar surface area (TPSA) is 121 Å². The van der Waals surface area contributed by atoms with Crippen LogP contribution in [0.4, 0.5) is 4.79 Å². The Labute approximate surface area is 239 Å². The molecule has 2 aromatic rings. The number of methoxy groups -OCH3 is 1. The van der Waals surface area contributed by atoms with E-state index in [9.17, 15) is 19.5 Å². The van der Waals surface area contributed by atoms with Gasteiger partial charge in [0, 0.05) is 7.11 Å². The number of imide groups is 1. The van der Waals surface area contributed by atoms with Gasteiger partial charge in [-0.05, 0) is 42.2 Å². The third kappa shape index (κ3) is 8.34. The number of rotatable bonds is 14. The number of carbonyl (C=O) groups is 3. The summed E-state index contributed by atoms with van der Waals surface area (Å²) in [6.07, 6.45) is 1.57. The highest BCUT2D eigenvalue weighted by Gasteiger charge is 2.46. The molecule has 218 valence electrons. The zero-order valence-corrected chi connectivity index (χ0v) is 22.9. The van der Waals surface area contributed by atoms with Crippen molar-refractivity contribution in [2.24, 2.45) is 0 Å². The molecule has 2 amide bonds. The molecule has 0 unspecified atom stereocenters. The van der Waals surface area contributed by atoms with E-state index >= 15 is 0 Å². The molecule has 10 heteroatoms. The number of hydrogen-bond acceptors (Lipinski definition) is 9. The van der Waals surface area contributed by atoms with Gasteiger partial charge in [0.2, 0.25) is 0 Å². The van der Waals surface area contributed by atoms with E-state index in [0.29, 0.717) is 31.8 Å². The number of amides is 2. The Morgan fingerprint density at radius 1 is 1.07 bits per heavy atom. The maximum absolute atomic E-state index is 13.4. The SMILES string of the molecule is CO[C@@H](C(=O)N1C(=O)OC[C@H]1Cc1ccccc1)[C@H]1OC(=CCCOC[C@@H](CO)OCc2ccccc2)C=CC1=O. The van der Waals surface area contributed by atoms with Gasteiger partial charge in [-0.2, -0.15) is 0 Å². The molecule has 4 atom stereocenters. The fourth-order valence-corrected chi connectivity index (χ4v) is 4.53. The predicted octanol–water partition coefficient (Wildman–Crippen LogP) is 2.98. The molecule has 0 aromatic heterocycles. The minimum absolute atomic E-state index is 0.0505. The second-order valence-electron chi connectivity index (χ2n) is 9.63. The lowest BCUT2D eigenvalue weighted by atomic mass is 10.0. The molecule has 0 radical (unpaired) electrons. The minimum Gasteiger partial charge on any atom is -0.479 e. The molecule has 10 nitrogen and oxygen atoms in total. The van der Waals surface area contributed by atoms with Crippen molar-refractivity contribution in [3.05, 3.63) is 95.8 Å². The normalized spacial score (nSPS) is 21.0. The number of ether oxygens (including phenoxy) is 5. The molecule has 0 saturated carbocycles. The van der Waals surface area contributed by atoms with Gasteiger partial charge in [0.05, 0.1) is 32.5 Å². The zero-order valence-electron chi connectivity index (χ0n) is 22.9. The van der Waals surface area contributed by atoms with Crippen LogP contribution in [0.1, 0.15) is 17.5 Å². The van der Waals surface area contributed by atoms with Crippen LogP contribution in [0, 0.1) is 0 Å². The number of carbonyl (C=O) groups excluding carboxylic acids is 3. The van der Waals surface area contributed by atoms with Gasteiger partial charge in [-0.25, -0.2) is 9.69 Å². The van der Waals surface area contributed by atoms with Crippen molar-refractivity contribution in [2.75, 3.05) is 33.5 Å². The van der Waals surface area contributed by atoms with Crippen molar-refractivity contribution in [1.82, 2.24) is 4.90 Å². The summed E-state index contributed by atoms with van der Waals surface area (Å²) in [7, 11) is 1.29. The lowest BCUT2D eigenvalue weighted by Crippen LogP contribution is -2.53. The summed E-state index contributed by atoms with van der Waals surface area (Å²) in [6, 6.07) is 18.6. The number of nitrogens with zero attached hydrogens (tertiary/aromatic N) is 1. The first kappa shape index (κ1) is 30.1. The zero-order chi connectivity index (χ0) is 29.0. The summed E-state index contributed by atoms with van der Waals surface area (Å²) < 4.78 is 27.7. The molecule has 41 heavy (non-hydrogen) atoms. The lowest BCUT2D eigenvalue weighted by Gasteiger charge is -2.30. The highest BCUT2D eigenvalue weighted by molar-refractivity contribution is 6.03. The monoisotopic (exact) mass is 565 g/mol. The fourth-order valence-electron chi connectivity index (χ4n) is 4.53. The van der Waals surface area contributed by atoms with Crippen molar-refractivity contribution in [2.45, 2.75) is 43.8 Å². The Balaban J connectivity index is 1.29. The molecule has 0 spiro atoms. The van der Waals surface area contributed by atoms with Crippen molar-refractivity contribution in [3.63, 3.8) is 0 Å². The fraction of sp³-hybridized carbons (Fsp3) is 0.387. The number of ketones is 1. The molecule has 2 aliphatic heterocycles. The standard InChI is InChI=1S/C31H35NO9/c1-37-29(30(35)32-24(20-40-31(32)36)17-22-9-4-2-5-10-22)28-27(34)15-14-25(41-28)13-8-16-38-21-26(18-33)39-19-23-11-6-3-7-12-23/h2-7,9-15,24,26,28-29,33H,8,16-21H2,1H3/t24-,26-,28+,29-/m1/s1. The molecular weight excluding hydrogens is 530 g/mol. The third-order valence-corrected chi connectivity index (χ3v) is 6.68. The van der Waals surface area contributed by atoms with Gasteiger partial charge in [0.25, 0.3) is 5.91 Å². The van der Waals surface area contributed by atoms with E-state index in [1.807, 2.05) is 60.7 Å². The van der Waals surface area contributed by atoms with E-state index in [-0.39, 0.29) is 19.8 Å². The highest BCUT2D eigenvalue weighted by atomic mass is 16.6. The van der Waals surface area contributed by atoms with E-state index in [2.05, 4.69) is 0 Å². The molecule has 1 saturated heterocycles. The number of cyclic esters (lactones) is 1. The van der Waals surface area contributed by atoms with Gasteiger partial charge in [-0.1, -0.05) is 60.7 Å². The predicted molar refractivity (Wildman–Crippen MR) is 148 cm³/mol. The Bertz CT molecular complexity index is 1210. The number of aliphatic hydroxyl groups excluding tert-OH is 1. The highest BCUT2D eigenvalue weighted by Crippen LogP contribution is 2.24. The summed E-state index contributed by atoms with van der Waals surface area (Å²) in [5.41, 5.74) is 1.94. The first-order chi connectivity index (χ1) is 20.0. The lowest BCUT2D eigenvalue weighted by molar-refractivity contribution is -0.153.